The molecule has 0 radical (unpaired) electrons. The molecule has 0 bridgehead atoms. The summed E-state index contributed by atoms with van der Waals surface area (Å²) in [6, 6.07) is 8.68. The molecule has 6 heteroatoms. The summed E-state index contributed by atoms with van der Waals surface area (Å²) in [5, 5.41) is 29.4. The van der Waals surface area contributed by atoms with E-state index in [2.05, 4.69) is 21.2 Å². The number of halogens is 1. The lowest BCUT2D eigenvalue weighted by Crippen LogP contribution is -2.04. The molecule has 0 aromatic heterocycles. The number of allylic oxidation sites excluding steroid dienone is 2. The number of methoxy groups -OCH3 is 1. The molecular weight excluding hydrogens is 308 g/mol. The lowest BCUT2D eigenvalue weighted by molar-refractivity contribution is 0.416. The quantitative estimate of drug-likeness (QED) is 0.865. The summed E-state index contributed by atoms with van der Waals surface area (Å²) in [6.07, 6.45) is 0. The van der Waals surface area contributed by atoms with Gasteiger partial charge in [-0.1, -0.05) is 15.9 Å². The van der Waals surface area contributed by atoms with Crippen molar-refractivity contribution in [2.24, 2.45) is 0 Å². The Labute approximate surface area is 119 Å². The summed E-state index contributed by atoms with van der Waals surface area (Å²) in [5.41, 5.74) is 0.965. The third kappa shape index (κ3) is 3.04. The van der Waals surface area contributed by atoms with Crippen LogP contribution in [-0.4, -0.2) is 7.11 Å². The molecule has 0 amide bonds. The van der Waals surface area contributed by atoms with Crippen molar-refractivity contribution in [1.82, 2.24) is 0 Å². The largest absolute Gasteiger partial charge is 0.495 e. The van der Waals surface area contributed by atoms with Crippen molar-refractivity contribution < 1.29 is 4.74 Å². The Kier molecular flexibility index (Phi) is 4.94. The first-order valence-electron chi connectivity index (χ1n) is 5.13. The minimum atomic E-state index is -0.274. The Bertz CT molecular complexity index is 643. The third-order valence-electron chi connectivity index (χ3n) is 2.42. The van der Waals surface area contributed by atoms with Gasteiger partial charge in [0.05, 0.1) is 12.8 Å². The average Bonchev–Trinajstić information content (AvgIpc) is 2.43. The molecule has 0 fully saturated rings. The molecule has 1 N–H and O–H groups in total. The summed E-state index contributed by atoms with van der Waals surface area (Å²) < 4.78 is 6.02. The highest BCUT2D eigenvalue weighted by Crippen LogP contribution is 2.34. The van der Waals surface area contributed by atoms with Gasteiger partial charge in [0, 0.05) is 4.47 Å². The summed E-state index contributed by atoms with van der Waals surface area (Å²) >= 11 is 3.37. The Morgan fingerprint density at radius 3 is 2.32 bits per heavy atom. The normalized spacial score (nSPS) is 8.63. The number of anilines is 1. The van der Waals surface area contributed by atoms with Gasteiger partial charge in [-0.25, -0.2) is 0 Å². The second-order valence-electron chi connectivity index (χ2n) is 3.46. The molecule has 0 unspecified atom stereocenters. The van der Waals surface area contributed by atoms with Crippen LogP contribution >= 0.6 is 15.9 Å². The van der Waals surface area contributed by atoms with Gasteiger partial charge in [0.1, 0.15) is 29.7 Å². The highest BCUT2D eigenvalue weighted by atomic mass is 79.9. The van der Waals surface area contributed by atoms with Gasteiger partial charge in [0.25, 0.3) is 0 Å². The highest BCUT2D eigenvalue weighted by Gasteiger charge is 2.13. The van der Waals surface area contributed by atoms with E-state index in [1.807, 2.05) is 13.0 Å². The van der Waals surface area contributed by atoms with Crippen LogP contribution in [0.3, 0.4) is 0 Å². The number of benzene rings is 1. The van der Waals surface area contributed by atoms with E-state index >= 15 is 0 Å². The van der Waals surface area contributed by atoms with Crippen LogP contribution in [0.1, 0.15) is 5.56 Å². The number of nitrogens with one attached hydrogen (secondary N) is 1. The Hall–Kier alpha value is -2.49. The fraction of sp³-hybridized carbons (Fsp3) is 0.154. The predicted molar refractivity (Wildman–Crippen MR) is 72.9 cm³/mol. The van der Waals surface area contributed by atoms with Crippen LogP contribution < -0.4 is 10.1 Å². The number of rotatable bonds is 3. The van der Waals surface area contributed by atoms with E-state index in [0.29, 0.717) is 11.4 Å². The zero-order chi connectivity index (χ0) is 14.4. The van der Waals surface area contributed by atoms with Crippen LogP contribution in [0.2, 0.25) is 0 Å². The smallest absolute Gasteiger partial charge is 0.163 e. The molecule has 0 atom stereocenters. The topological polar surface area (TPSA) is 92.6 Å². The highest BCUT2D eigenvalue weighted by molar-refractivity contribution is 9.10. The third-order valence-corrected chi connectivity index (χ3v) is 3.28. The number of hydrogen-bond acceptors (Lipinski definition) is 5. The lowest BCUT2D eigenvalue weighted by Gasteiger charge is -2.14. The summed E-state index contributed by atoms with van der Waals surface area (Å²) in [5.74, 6) is 0.517. The number of nitriles is 3. The zero-order valence-corrected chi connectivity index (χ0v) is 11.9. The van der Waals surface area contributed by atoms with Crippen LogP contribution in [0.25, 0.3) is 0 Å². The molecular formula is C13H9BrN4O. The Morgan fingerprint density at radius 1 is 1.21 bits per heavy atom. The molecule has 94 valence electrons. The van der Waals surface area contributed by atoms with Crippen LogP contribution in [0.5, 0.6) is 5.75 Å². The maximum absolute atomic E-state index is 9.02. The van der Waals surface area contributed by atoms with Crippen LogP contribution in [-0.2, 0) is 0 Å². The van der Waals surface area contributed by atoms with Gasteiger partial charge in [-0.2, -0.15) is 15.8 Å². The van der Waals surface area contributed by atoms with Gasteiger partial charge in [-0.05, 0) is 24.6 Å². The molecule has 0 aliphatic rings. The monoisotopic (exact) mass is 316 g/mol. The van der Waals surface area contributed by atoms with E-state index in [9.17, 15) is 0 Å². The summed E-state index contributed by atoms with van der Waals surface area (Å²) in [6.45, 7) is 1.82. The maximum Gasteiger partial charge on any atom is 0.163 e. The molecule has 0 spiro atoms. The van der Waals surface area contributed by atoms with E-state index in [4.69, 9.17) is 20.5 Å². The van der Waals surface area contributed by atoms with Crippen molar-refractivity contribution >= 4 is 21.6 Å². The molecule has 1 aromatic carbocycles. The molecule has 1 aromatic rings. The van der Waals surface area contributed by atoms with E-state index in [1.165, 1.54) is 7.11 Å². The van der Waals surface area contributed by atoms with Gasteiger partial charge in [-0.15, -0.1) is 0 Å². The zero-order valence-electron chi connectivity index (χ0n) is 10.3. The fourth-order valence-electron chi connectivity index (χ4n) is 1.40. The minimum Gasteiger partial charge on any atom is -0.495 e. The van der Waals surface area contributed by atoms with Crippen LogP contribution in [0.4, 0.5) is 5.69 Å². The molecule has 5 nitrogen and oxygen atoms in total. The van der Waals surface area contributed by atoms with E-state index < -0.39 is 0 Å². The lowest BCUT2D eigenvalue weighted by atomic mass is 10.1. The molecule has 0 aliphatic heterocycles. The fourth-order valence-corrected chi connectivity index (χ4v) is 1.73. The van der Waals surface area contributed by atoms with E-state index in [1.54, 1.807) is 24.3 Å². The van der Waals surface area contributed by atoms with Gasteiger partial charge < -0.3 is 10.1 Å². The number of ether oxygens (including phenoxy) is 1. The van der Waals surface area contributed by atoms with Gasteiger partial charge in [0.15, 0.2) is 5.57 Å². The van der Waals surface area contributed by atoms with E-state index in [-0.39, 0.29) is 11.3 Å². The molecule has 0 saturated heterocycles. The first-order chi connectivity index (χ1) is 9.08. The summed E-state index contributed by atoms with van der Waals surface area (Å²) in [4.78, 5) is 0. The number of hydrogen-bond donors (Lipinski definition) is 1. The summed E-state index contributed by atoms with van der Waals surface area (Å²) in [7, 11) is 1.50. The van der Waals surface area contributed by atoms with Crippen molar-refractivity contribution in [2.75, 3.05) is 12.4 Å². The van der Waals surface area contributed by atoms with E-state index in [0.717, 1.165) is 10.0 Å². The number of nitrogens with zero attached hydrogens (tertiary/aromatic N) is 3. The van der Waals surface area contributed by atoms with Crippen molar-refractivity contribution in [1.29, 1.82) is 15.8 Å². The second-order valence-corrected chi connectivity index (χ2v) is 4.31. The van der Waals surface area contributed by atoms with Gasteiger partial charge in [-0.3, -0.25) is 0 Å². The first-order valence-corrected chi connectivity index (χ1v) is 5.93. The van der Waals surface area contributed by atoms with Gasteiger partial charge in [0.2, 0.25) is 0 Å². The second kappa shape index (κ2) is 6.44. The van der Waals surface area contributed by atoms with Crippen LogP contribution in [0, 0.1) is 40.9 Å². The Balaban J connectivity index is 3.39. The average molecular weight is 317 g/mol. The van der Waals surface area contributed by atoms with Crippen LogP contribution in [0.15, 0.2) is 27.9 Å². The maximum atomic E-state index is 9.02. The van der Waals surface area contributed by atoms with Crippen molar-refractivity contribution in [3.63, 3.8) is 0 Å². The molecule has 0 heterocycles. The SMILES string of the molecule is COc1ccc(Br)c(C)c1NC(C#N)=C(C#N)C#N. The minimum absolute atomic E-state index is 0.107. The first kappa shape index (κ1) is 14.6. The Morgan fingerprint density at radius 2 is 1.84 bits per heavy atom. The van der Waals surface area contributed by atoms with Crippen molar-refractivity contribution in [2.45, 2.75) is 6.92 Å². The standard InChI is InChI=1S/C13H9BrN4O/c1-8-10(14)3-4-12(19-2)13(8)18-11(7-17)9(5-15)6-16/h3-4,18H,1-2H3. The molecule has 1 rings (SSSR count). The van der Waals surface area contributed by atoms with Gasteiger partial charge >= 0.3 is 0 Å². The predicted octanol–water partition coefficient (Wildman–Crippen LogP) is 3.00. The molecule has 0 aliphatic carbocycles. The molecule has 19 heavy (non-hydrogen) atoms. The van der Waals surface area contributed by atoms with Crippen molar-refractivity contribution in [3.8, 4) is 24.0 Å². The molecule has 0 saturated carbocycles. The van der Waals surface area contributed by atoms with Crippen molar-refractivity contribution in [3.05, 3.63) is 33.4 Å².